The summed E-state index contributed by atoms with van der Waals surface area (Å²) in [7, 11) is 0. The minimum atomic E-state index is -4.65. The molecule has 0 aliphatic rings. The number of ketones is 1. The van der Waals surface area contributed by atoms with Crippen LogP contribution < -0.4 is 14.4 Å². The van der Waals surface area contributed by atoms with Gasteiger partial charge in [-0.2, -0.15) is 18.4 Å². The molecule has 0 saturated heterocycles. The number of carbonyl (C=O) groups is 2. The zero-order valence-corrected chi connectivity index (χ0v) is 21.8. The van der Waals surface area contributed by atoms with E-state index in [2.05, 4.69) is 0 Å². The number of alkyl halides is 3. The van der Waals surface area contributed by atoms with Crippen LogP contribution in [0.5, 0.6) is 17.2 Å². The van der Waals surface area contributed by atoms with E-state index >= 15 is 0 Å². The molecule has 3 rings (SSSR count). The maximum absolute atomic E-state index is 13.7. The molecule has 3 aromatic rings. The smallest absolute Gasteiger partial charge is 0.416 e. The van der Waals surface area contributed by atoms with E-state index in [0.29, 0.717) is 11.8 Å². The Morgan fingerprint density at radius 2 is 1.73 bits per heavy atom. The van der Waals surface area contributed by atoms with E-state index in [1.807, 2.05) is 0 Å². The monoisotopic (exact) mass is 575 g/mol. The van der Waals surface area contributed by atoms with Crippen LogP contribution in [0.1, 0.15) is 25.8 Å². The van der Waals surface area contributed by atoms with Crippen molar-refractivity contribution in [3.8, 4) is 23.3 Å². The van der Waals surface area contributed by atoms with Crippen LogP contribution in [0.4, 0.5) is 24.5 Å². The second-order valence-corrected chi connectivity index (χ2v) is 8.60. The largest absolute Gasteiger partial charge is 0.456 e. The summed E-state index contributed by atoms with van der Waals surface area (Å²) in [5.74, 6) is -3.10. The minimum Gasteiger partial charge on any atom is -0.456 e. The fourth-order valence-electron chi connectivity index (χ4n) is 3.69. The highest BCUT2D eigenvalue weighted by molar-refractivity contribution is 6.32. The molecule has 0 fully saturated rings. The van der Waals surface area contributed by atoms with Crippen molar-refractivity contribution < 1.29 is 37.2 Å². The lowest BCUT2D eigenvalue weighted by atomic mass is 9.95. The van der Waals surface area contributed by atoms with Crippen molar-refractivity contribution in [2.45, 2.75) is 32.0 Å². The molecule has 13 heteroatoms. The summed E-state index contributed by atoms with van der Waals surface area (Å²) in [6.07, 6.45) is -4.97. The van der Waals surface area contributed by atoms with Crippen molar-refractivity contribution in [1.82, 2.24) is 0 Å². The molecule has 1 atom stereocenters. The zero-order valence-electron chi connectivity index (χ0n) is 21.1. The van der Waals surface area contributed by atoms with Crippen molar-refractivity contribution in [1.29, 1.82) is 5.26 Å². The molecule has 0 N–H and O–H groups in total. The summed E-state index contributed by atoms with van der Waals surface area (Å²) in [6, 6.07) is 15.0. The first kappa shape index (κ1) is 29.9. The number of hydrogen-bond donors (Lipinski definition) is 0. The molecule has 208 valence electrons. The third-order valence-corrected chi connectivity index (χ3v) is 5.98. The summed E-state index contributed by atoms with van der Waals surface area (Å²) in [6.45, 7) is 3.03. The lowest BCUT2D eigenvalue weighted by molar-refractivity contribution is -0.386. The molecule has 0 aromatic heterocycles. The first-order valence-corrected chi connectivity index (χ1v) is 12.1. The number of para-hydroxylation sites is 1. The molecule has 0 spiro atoms. The van der Waals surface area contributed by atoms with Gasteiger partial charge in [-0.1, -0.05) is 36.7 Å². The Kier molecular flexibility index (Phi) is 9.01. The van der Waals surface area contributed by atoms with E-state index in [1.165, 1.54) is 6.92 Å². The van der Waals surface area contributed by atoms with Gasteiger partial charge >= 0.3 is 17.5 Å². The van der Waals surface area contributed by atoms with E-state index in [9.17, 15) is 38.1 Å². The van der Waals surface area contributed by atoms with Crippen molar-refractivity contribution in [3.05, 3.63) is 87.4 Å². The molecule has 0 aliphatic carbocycles. The molecular weight excluding hydrogens is 555 g/mol. The van der Waals surface area contributed by atoms with Gasteiger partial charge in [-0.15, -0.1) is 0 Å². The minimum absolute atomic E-state index is 0.0320. The summed E-state index contributed by atoms with van der Waals surface area (Å²) >= 11 is 5.94. The van der Waals surface area contributed by atoms with Gasteiger partial charge in [-0.3, -0.25) is 19.7 Å². The summed E-state index contributed by atoms with van der Waals surface area (Å²) in [4.78, 5) is 38.8. The van der Waals surface area contributed by atoms with Crippen LogP contribution in [0.15, 0.2) is 66.7 Å². The van der Waals surface area contributed by atoms with Crippen molar-refractivity contribution in [3.63, 3.8) is 0 Å². The van der Waals surface area contributed by atoms with Crippen molar-refractivity contribution in [2.75, 3.05) is 11.4 Å². The van der Waals surface area contributed by atoms with E-state index in [4.69, 9.17) is 21.1 Å². The normalized spacial score (nSPS) is 12.5. The third kappa shape index (κ3) is 6.16. The first-order chi connectivity index (χ1) is 18.9. The van der Waals surface area contributed by atoms with Gasteiger partial charge in [0.2, 0.25) is 11.5 Å². The van der Waals surface area contributed by atoms with Crippen LogP contribution in [0.2, 0.25) is 5.02 Å². The Morgan fingerprint density at radius 3 is 2.25 bits per heavy atom. The Labute approximate surface area is 231 Å². The number of hydrogen-bond acceptors (Lipinski definition) is 7. The number of nitriles is 1. The van der Waals surface area contributed by atoms with Crippen molar-refractivity contribution >= 4 is 34.7 Å². The van der Waals surface area contributed by atoms with Gasteiger partial charge in [0.25, 0.3) is 5.91 Å². The number of nitro benzene ring substituents is 1. The fourth-order valence-corrected chi connectivity index (χ4v) is 3.90. The average molecular weight is 576 g/mol. The number of Topliss-reactive ketones (excluding diaryl/α,β-unsaturated/α-hetero) is 1. The lowest BCUT2D eigenvalue weighted by Gasteiger charge is -2.31. The highest BCUT2D eigenvalue weighted by Crippen LogP contribution is 2.40. The first-order valence-electron chi connectivity index (χ1n) is 11.7. The highest BCUT2D eigenvalue weighted by Gasteiger charge is 2.51. The number of nitro groups is 1. The maximum atomic E-state index is 13.7. The topological polar surface area (TPSA) is 123 Å². The van der Waals surface area contributed by atoms with Crippen LogP contribution in [0.3, 0.4) is 0 Å². The van der Waals surface area contributed by atoms with Crippen molar-refractivity contribution in [2.24, 2.45) is 0 Å². The van der Waals surface area contributed by atoms with Gasteiger partial charge in [0.15, 0.2) is 0 Å². The van der Waals surface area contributed by atoms with E-state index in [-0.39, 0.29) is 24.5 Å². The molecule has 0 heterocycles. The lowest BCUT2D eigenvalue weighted by Crippen LogP contribution is -2.57. The van der Waals surface area contributed by atoms with Gasteiger partial charge < -0.3 is 14.4 Å². The SMILES string of the molecule is CCC(=O)C(C#N)(Oc1cc(Oc2ccc(C(F)(F)F)cc2Cl)ccc1[N+](=O)[O-])C(=O)N(CC)c1ccccc1. The number of anilines is 1. The van der Waals surface area contributed by atoms with Crippen LogP contribution >= 0.6 is 11.6 Å². The molecule has 1 unspecified atom stereocenters. The second kappa shape index (κ2) is 12.0. The van der Waals surface area contributed by atoms with Gasteiger partial charge in [0.1, 0.15) is 17.6 Å². The molecule has 3 aromatic carbocycles. The van der Waals surface area contributed by atoms with E-state index < -0.39 is 50.4 Å². The second-order valence-electron chi connectivity index (χ2n) is 8.19. The third-order valence-electron chi connectivity index (χ3n) is 5.68. The molecular formula is C27H21ClF3N3O6. The Bertz CT molecular complexity index is 1480. The van der Waals surface area contributed by atoms with Gasteiger partial charge in [0.05, 0.1) is 15.5 Å². The van der Waals surface area contributed by atoms with Gasteiger partial charge in [-0.05, 0) is 43.3 Å². The highest BCUT2D eigenvalue weighted by atomic mass is 35.5. The Balaban J connectivity index is 2.08. The molecule has 0 saturated carbocycles. The number of carbonyl (C=O) groups excluding carboxylic acids is 2. The fraction of sp³-hybridized carbons (Fsp3) is 0.222. The van der Waals surface area contributed by atoms with Crippen LogP contribution in [-0.4, -0.2) is 28.8 Å². The number of benzene rings is 3. The Hall–Kier alpha value is -4.63. The van der Waals surface area contributed by atoms with Crippen LogP contribution in [0, 0.1) is 21.4 Å². The molecule has 9 nitrogen and oxygen atoms in total. The zero-order chi connectivity index (χ0) is 29.7. The standard InChI is InChI=1S/C27H21ClF3N3O6/c1-3-24(35)26(16-32,25(36)33(4-2)18-8-6-5-7-9-18)40-23-15-19(11-12-21(23)34(37)38)39-22-13-10-17(14-20(22)28)27(29,30)31/h5-15H,3-4H2,1-2H3. The molecule has 40 heavy (non-hydrogen) atoms. The molecule has 1 amide bonds. The predicted octanol–water partition coefficient (Wildman–Crippen LogP) is 6.73. The van der Waals surface area contributed by atoms with Gasteiger partial charge in [0, 0.05) is 30.8 Å². The van der Waals surface area contributed by atoms with E-state index in [0.717, 1.165) is 35.2 Å². The quantitative estimate of drug-likeness (QED) is 0.149. The number of rotatable bonds is 10. The molecule has 0 radical (unpaired) electrons. The van der Waals surface area contributed by atoms with E-state index in [1.54, 1.807) is 43.3 Å². The molecule has 0 aliphatic heterocycles. The summed E-state index contributed by atoms with van der Waals surface area (Å²) in [5.41, 5.74) is -4.18. The number of ether oxygens (including phenoxy) is 2. The number of likely N-dealkylation sites (N-methyl/N-ethyl adjacent to an activating group) is 1. The van der Waals surface area contributed by atoms with Crippen LogP contribution in [-0.2, 0) is 15.8 Å². The Morgan fingerprint density at radius 1 is 1.05 bits per heavy atom. The molecule has 0 bridgehead atoms. The summed E-state index contributed by atoms with van der Waals surface area (Å²) in [5, 5.41) is 21.5. The maximum Gasteiger partial charge on any atom is 0.416 e. The summed E-state index contributed by atoms with van der Waals surface area (Å²) < 4.78 is 50.1. The average Bonchev–Trinajstić information content (AvgIpc) is 2.92. The number of amides is 1. The number of nitrogens with zero attached hydrogens (tertiary/aromatic N) is 3. The van der Waals surface area contributed by atoms with Crippen LogP contribution in [0.25, 0.3) is 0 Å². The predicted molar refractivity (Wildman–Crippen MR) is 138 cm³/mol. The number of halogens is 4. The van der Waals surface area contributed by atoms with Gasteiger partial charge in [-0.25, -0.2) is 0 Å².